The van der Waals surface area contributed by atoms with Gasteiger partial charge in [0.2, 0.25) is 5.95 Å². The first-order valence-corrected chi connectivity index (χ1v) is 9.40. The van der Waals surface area contributed by atoms with Crippen molar-refractivity contribution in [1.82, 2.24) is 24.9 Å². The molecule has 5 rings (SSSR count). The highest BCUT2D eigenvalue weighted by atomic mass is 32.2. The van der Waals surface area contributed by atoms with Crippen molar-refractivity contribution >= 4 is 40.4 Å². The first-order valence-electron chi connectivity index (χ1n) is 8.59. The van der Waals surface area contributed by atoms with Gasteiger partial charge in [0.25, 0.3) is 11.1 Å². The number of pyridine rings is 1. The van der Waals surface area contributed by atoms with Gasteiger partial charge in [-0.3, -0.25) is 14.9 Å². The summed E-state index contributed by atoms with van der Waals surface area (Å²) in [6.07, 6.45) is 6.69. The Morgan fingerprint density at radius 2 is 2.18 bits per heavy atom. The van der Waals surface area contributed by atoms with E-state index in [-0.39, 0.29) is 4.91 Å². The Labute approximate surface area is 162 Å². The number of nitrogens with one attached hydrogen (secondary N) is 2. The first kappa shape index (κ1) is 16.9. The van der Waals surface area contributed by atoms with Gasteiger partial charge >= 0.3 is 0 Å². The van der Waals surface area contributed by atoms with E-state index in [9.17, 15) is 14.0 Å². The molecule has 8 nitrogen and oxygen atoms in total. The molecule has 1 aliphatic heterocycles. The molecule has 0 atom stereocenters. The quantitative estimate of drug-likeness (QED) is 0.516. The molecule has 0 spiro atoms. The summed E-state index contributed by atoms with van der Waals surface area (Å²) in [5.41, 5.74) is 2.22. The third-order valence-corrected chi connectivity index (χ3v) is 5.19. The van der Waals surface area contributed by atoms with Crippen LogP contribution in [0.1, 0.15) is 18.4 Å². The van der Waals surface area contributed by atoms with Crippen LogP contribution >= 0.6 is 11.8 Å². The second kappa shape index (κ2) is 6.41. The molecule has 1 saturated carbocycles. The predicted octanol–water partition coefficient (Wildman–Crippen LogP) is 2.83. The highest BCUT2D eigenvalue weighted by molar-refractivity contribution is 8.18. The van der Waals surface area contributed by atoms with Crippen LogP contribution in [0.15, 0.2) is 35.5 Å². The van der Waals surface area contributed by atoms with E-state index >= 15 is 0 Å². The summed E-state index contributed by atoms with van der Waals surface area (Å²) in [4.78, 5) is 31.8. The zero-order valence-electron chi connectivity index (χ0n) is 14.3. The van der Waals surface area contributed by atoms with E-state index in [1.165, 1.54) is 12.3 Å². The van der Waals surface area contributed by atoms with Crippen molar-refractivity contribution in [2.75, 3.05) is 5.32 Å². The van der Waals surface area contributed by atoms with E-state index in [4.69, 9.17) is 0 Å². The number of carbonyl (C=O) groups is 2. The molecule has 0 unspecified atom stereocenters. The van der Waals surface area contributed by atoms with E-state index in [0.29, 0.717) is 28.5 Å². The van der Waals surface area contributed by atoms with Crippen LogP contribution in [-0.2, 0) is 4.79 Å². The summed E-state index contributed by atoms with van der Waals surface area (Å²) in [6, 6.07) is 5.17. The number of thioether (sulfide) groups is 1. The number of anilines is 1. The molecule has 2 amide bonds. The first-order chi connectivity index (χ1) is 13.6. The summed E-state index contributed by atoms with van der Waals surface area (Å²) in [5, 5.41) is 9.58. The van der Waals surface area contributed by atoms with Crippen molar-refractivity contribution in [3.63, 3.8) is 0 Å². The van der Waals surface area contributed by atoms with Gasteiger partial charge in [-0.15, -0.1) is 0 Å². The molecule has 1 aliphatic carbocycles. The summed E-state index contributed by atoms with van der Waals surface area (Å²) in [5.74, 6) is -0.314. The van der Waals surface area contributed by atoms with E-state index in [2.05, 4.69) is 25.7 Å². The van der Waals surface area contributed by atoms with Gasteiger partial charge in [-0.2, -0.15) is 14.0 Å². The molecule has 3 aromatic rings. The van der Waals surface area contributed by atoms with Crippen molar-refractivity contribution in [3.05, 3.63) is 47.0 Å². The molecule has 0 aromatic carbocycles. The lowest BCUT2D eigenvalue weighted by molar-refractivity contribution is -0.115. The zero-order chi connectivity index (χ0) is 19.3. The minimum Gasteiger partial charge on any atom is -0.367 e. The Balaban J connectivity index is 1.66. The summed E-state index contributed by atoms with van der Waals surface area (Å²) in [6.45, 7) is 0. The lowest BCUT2D eigenvalue weighted by Crippen LogP contribution is -2.17. The number of rotatable bonds is 4. The molecule has 2 fully saturated rings. The van der Waals surface area contributed by atoms with Gasteiger partial charge in [0.1, 0.15) is 5.82 Å². The van der Waals surface area contributed by atoms with E-state index in [1.807, 2.05) is 6.07 Å². The monoisotopic (exact) mass is 396 g/mol. The topological polar surface area (TPSA) is 101 Å². The van der Waals surface area contributed by atoms with Crippen LogP contribution in [0.4, 0.5) is 15.0 Å². The summed E-state index contributed by atoms with van der Waals surface area (Å²) >= 11 is 0.831. The number of nitrogens with zero attached hydrogens (tertiary/aromatic N) is 4. The molecule has 0 bridgehead atoms. The summed E-state index contributed by atoms with van der Waals surface area (Å²) in [7, 11) is 0. The van der Waals surface area contributed by atoms with Gasteiger partial charge in [-0.05, 0) is 36.7 Å². The zero-order valence-corrected chi connectivity index (χ0v) is 15.2. The van der Waals surface area contributed by atoms with Crippen LogP contribution in [0.5, 0.6) is 0 Å². The van der Waals surface area contributed by atoms with Crippen molar-refractivity contribution in [1.29, 1.82) is 0 Å². The van der Waals surface area contributed by atoms with E-state index in [0.717, 1.165) is 30.4 Å². The highest BCUT2D eigenvalue weighted by Crippen LogP contribution is 2.31. The number of aromatic nitrogens is 4. The number of amides is 2. The normalized spacial score (nSPS) is 18.1. The molecule has 2 aliphatic rings. The Bertz CT molecular complexity index is 1170. The molecule has 0 radical (unpaired) electrons. The van der Waals surface area contributed by atoms with Gasteiger partial charge in [0, 0.05) is 35.5 Å². The van der Waals surface area contributed by atoms with Crippen molar-refractivity contribution in [2.24, 2.45) is 0 Å². The van der Waals surface area contributed by atoms with Gasteiger partial charge in [0.05, 0.1) is 16.8 Å². The highest BCUT2D eigenvalue weighted by Gasteiger charge is 2.26. The fourth-order valence-corrected chi connectivity index (χ4v) is 3.57. The minimum absolute atomic E-state index is 0.277. The number of imide groups is 1. The Morgan fingerprint density at radius 3 is 2.89 bits per heavy atom. The molecule has 10 heteroatoms. The lowest BCUT2D eigenvalue weighted by Gasteiger charge is -2.10. The molecule has 140 valence electrons. The van der Waals surface area contributed by atoms with Crippen LogP contribution in [-0.4, -0.2) is 36.8 Å². The van der Waals surface area contributed by atoms with Gasteiger partial charge in [0.15, 0.2) is 5.65 Å². The molecule has 4 heterocycles. The standard InChI is InChI=1S/C18H13FN6O2S/c19-14-6-9(3-4-20-14)12-7-15(22-11-1-2-11)25-16(23-12)10(8-21-25)5-13-17(26)24-18(27)28-13/h3-8,11,22H,1-2H2,(H,24,26,27)/b13-5+. The smallest absolute Gasteiger partial charge is 0.290 e. The Kier molecular flexibility index (Phi) is 3.86. The number of carbonyl (C=O) groups excluding carboxylic acids is 2. The summed E-state index contributed by atoms with van der Waals surface area (Å²) < 4.78 is 15.2. The average molecular weight is 396 g/mol. The van der Waals surface area contributed by atoms with Crippen molar-refractivity contribution in [3.8, 4) is 11.3 Å². The average Bonchev–Trinajstić information content (AvgIpc) is 3.30. The predicted molar refractivity (Wildman–Crippen MR) is 102 cm³/mol. The van der Waals surface area contributed by atoms with Crippen molar-refractivity contribution < 1.29 is 14.0 Å². The van der Waals surface area contributed by atoms with Gasteiger partial charge < -0.3 is 5.32 Å². The number of fused-ring (bicyclic) bond motifs is 1. The van der Waals surface area contributed by atoms with Crippen LogP contribution < -0.4 is 10.6 Å². The van der Waals surface area contributed by atoms with E-state index in [1.54, 1.807) is 22.9 Å². The van der Waals surface area contributed by atoms with Crippen LogP contribution in [0.25, 0.3) is 23.0 Å². The Morgan fingerprint density at radius 1 is 1.32 bits per heavy atom. The second-order valence-electron chi connectivity index (χ2n) is 6.50. The maximum absolute atomic E-state index is 13.6. The molecule has 2 N–H and O–H groups in total. The lowest BCUT2D eigenvalue weighted by atomic mass is 10.2. The van der Waals surface area contributed by atoms with Crippen LogP contribution in [0, 0.1) is 5.95 Å². The molecular formula is C18H13FN6O2S. The van der Waals surface area contributed by atoms with Crippen LogP contribution in [0.2, 0.25) is 0 Å². The molecular weight excluding hydrogens is 383 g/mol. The minimum atomic E-state index is -0.593. The van der Waals surface area contributed by atoms with Gasteiger partial charge in [-0.25, -0.2) is 9.97 Å². The molecule has 3 aromatic heterocycles. The SMILES string of the molecule is O=C1NC(=O)/C(=C\c2cnn3c(NC4CC4)cc(-c4ccnc(F)c4)nc23)S1. The Hall–Kier alpha value is -3.27. The van der Waals surface area contributed by atoms with Gasteiger partial charge in [-0.1, -0.05) is 0 Å². The number of hydrogen-bond donors (Lipinski definition) is 2. The van der Waals surface area contributed by atoms with Crippen molar-refractivity contribution in [2.45, 2.75) is 18.9 Å². The molecule has 1 saturated heterocycles. The van der Waals surface area contributed by atoms with E-state index < -0.39 is 17.1 Å². The molecule has 28 heavy (non-hydrogen) atoms. The third-order valence-electron chi connectivity index (χ3n) is 4.38. The number of hydrogen-bond acceptors (Lipinski definition) is 7. The maximum atomic E-state index is 13.6. The second-order valence-corrected chi connectivity index (χ2v) is 7.51. The van der Waals surface area contributed by atoms with Crippen LogP contribution in [0.3, 0.4) is 0 Å². The fourth-order valence-electron chi connectivity index (χ4n) is 2.89. The third kappa shape index (κ3) is 3.11. The number of halogens is 1. The largest absolute Gasteiger partial charge is 0.367 e. The maximum Gasteiger partial charge on any atom is 0.290 e. The fraction of sp³-hybridized carbons (Fsp3) is 0.167.